The second-order valence-electron chi connectivity index (χ2n) is 7.58. The van der Waals surface area contributed by atoms with Crippen LogP contribution in [0.15, 0.2) is 12.1 Å². The molecule has 26 heavy (non-hydrogen) atoms. The fourth-order valence-corrected chi connectivity index (χ4v) is 3.93. The lowest BCUT2D eigenvalue weighted by Gasteiger charge is -2.36. The smallest absolute Gasteiger partial charge is 0.317 e. The highest BCUT2D eigenvalue weighted by atomic mass is 16.5. The van der Waals surface area contributed by atoms with Crippen molar-refractivity contribution in [1.29, 1.82) is 0 Å². The van der Waals surface area contributed by atoms with Gasteiger partial charge in [0.25, 0.3) is 0 Å². The summed E-state index contributed by atoms with van der Waals surface area (Å²) in [5.41, 5.74) is 3.44. The average molecular weight is 361 g/mol. The molecule has 0 saturated carbocycles. The minimum atomic E-state index is -0.513. The van der Waals surface area contributed by atoms with Gasteiger partial charge < -0.3 is 25.0 Å². The Morgan fingerprint density at radius 1 is 1.19 bits per heavy atom. The maximum absolute atomic E-state index is 11.8. The third-order valence-electron chi connectivity index (χ3n) is 5.65. The van der Waals surface area contributed by atoms with E-state index in [1.807, 2.05) is 11.8 Å². The van der Waals surface area contributed by atoms with E-state index in [4.69, 9.17) is 4.74 Å². The van der Waals surface area contributed by atoms with E-state index in [-0.39, 0.29) is 6.03 Å². The molecule has 6 nitrogen and oxygen atoms in total. The Bertz CT molecular complexity index is 641. The lowest BCUT2D eigenvalue weighted by atomic mass is 10.0. The molecular formula is C20H31N3O3. The molecule has 2 fully saturated rings. The lowest BCUT2D eigenvalue weighted by molar-refractivity contribution is 0.0505. The zero-order valence-electron chi connectivity index (χ0n) is 16.1. The Morgan fingerprint density at radius 2 is 1.88 bits per heavy atom. The highest BCUT2D eigenvalue weighted by Gasteiger charge is 2.31. The Balaban J connectivity index is 1.44. The van der Waals surface area contributed by atoms with Crippen LogP contribution in [0.1, 0.15) is 29.5 Å². The van der Waals surface area contributed by atoms with Gasteiger partial charge in [0, 0.05) is 38.8 Å². The van der Waals surface area contributed by atoms with Crippen molar-refractivity contribution in [2.75, 3.05) is 39.3 Å². The Morgan fingerprint density at radius 3 is 2.54 bits per heavy atom. The summed E-state index contributed by atoms with van der Waals surface area (Å²) in [6.45, 7) is 10.5. The van der Waals surface area contributed by atoms with Crippen LogP contribution in [0.25, 0.3) is 0 Å². The molecular weight excluding hydrogens is 330 g/mol. The van der Waals surface area contributed by atoms with Gasteiger partial charge in [0.1, 0.15) is 18.5 Å². The first-order valence-corrected chi connectivity index (χ1v) is 9.60. The third kappa shape index (κ3) is 4.30. The van der Waals surface area contributed by atoms with Crippen LogP contribution >= 0.6 is 0 Å². The van der Waals surface area contributed by atoms with E-state index in [9.17, 15) is 9.90 Å². The number of nitrogens with zero attached hydrogens (tertiary/aromatic N) is 2. The number of ether oxygens (including phenoxy) is 1. The molecule has 1 aromatic rings. The number of hydrogen-bond donors (Lipinski definition) is 2. The zero-order valence-corrected chi connectivity index (χ0v) is 16.1. The van der Waals surface area contributed by atoms with Crippen molar-refractivity contribution in [3.05, 3.63) is 28.8 Å². The van der Waals surface area contributed by atoms with Crippen LogP contribution < -0.4 is 10.1 Å². The fourth-order valence-electron chi connectivity index (χ4n) is 3.93. The van der Waals surface area contributed by atoms with E-state index in [1.165, 1.54) is 5.56 Å². The summed E-state index contributed by atoms with van der Waals surface area (Å²) < 4.78 is 5.93. The maximum Gasteiger partial charge on any atom is 0.317 e. The standard InChI is InChI=1S/C20H31N3O3/c1-14-4-5-15(2)19(16(14)3)26-13-18(24)12-22-9-6-17(7-10-22)23-11-8-21-20(23)25/h4-5,17-18,24H,6-13H2,1-3H3,(H,21,25)/t18-/m1/s1. The van der Waals surface area contributed by atoms with Gasteiger partial charge in [0.15, 0.2) is 0 Å². The van der Waals surface area contributed by atoms with Crippen molar-refractivity contribution in [1.82, 2.24) is 15.1 Å². The Labute approximate surface area is 156 Å². The number of carbonyl (C=O) groups is 1. The lowest BCUT2D eigenvalue weighted by Crippen LogP contribution is -2.48. The summed E-state index contributed by atoms with van der Waals surface area (Å²) in [6.07, 6.45) is 1.43. The molecule has 2 aliphatic rings. The van der Waals surface area contributed by atoms with E-state index in [2.05, 4.69) is 36.2 Å². The van der Waals surface area contributed by atoms with Crippen LogP contribution in [-0.4, -0.2) is 72.4 Å². The first-order valence-electron chi connectivity index (χ1n) is 9.60. The minimum absolute atomic E-state index is 0.0702. The van der Waals surface area contributed by atoms with Crippen molar-refractivity contribution >= 4 is 6.03 Å². The van der Waals surface area contributed by atoms with Crippen LogP contribution in [0.4, 0.5) is 4.79 Å². The molecule has 0 aromatic heterocycles. The quantitative estimate of drug-likeness (QED) is 0.812. The molecule has 6 heteroatoms. The first-order chi connectivity index (χ1) is 12.5. The van der Waals surface area contributed by atoms with Crippen molar-refractivity contribution < 1.29 is 14.6 Å². The number of benzene rings is 1. The molecule has 1 atom stereocenters. The number of aliphatic hydroxyl groups excluding tert-OH is 1. The van der Waals surface area contributed by atoms with Crippen LogP contribution in [0, 0.1) is 20.8 Å². The maximum atomic E-state index is 11.8. The number of urea groups is 1. The van der Waals surface area contributed by atoms with E-state index in [1.54, 1.807) is 0 Å². The van der Waals surface area contributed by atoms with Gasteiger partial charge in [-0.05, 0) is 50.3 Å². The summed E-state index contributed by atoms with van der Waals surface area (Å²) in [4.78, 5) is 16.0. The summed E-state index contributed by atoms with van der Waals surface area (Å²) in [6, 6.07) is 4.56. The number of amides is 2. The number of β-amino-alcohol motifs (C(OH)–C–C–N with tert-alkyl or cyclic N) is 1. The van der Waals surface area contributed by atoms with Crippen LogP contribution in [0.2, 0.25) is 0 Å². The monoisotopic (exact) mass is 361 g/mol. The van der Waals surface area contributed by atoms with Gasteiger partial charge in [-0.1, -0.05) is 12.1 Å². The van der Waals surface area contributed by atoms with E-state index in [0.29, 0.717) is 19.2 Å². The third-order valence-corrected chi connectivity index (χ3v) is 5.65. The topological polar surface area (TPSA) is 65.0 Å². The van der Waals surface area contributed by atoms with Crippen molar-refractivity contribution in [3.8, 4) is 5.75 Å². The summed E-state index contributed by atoms with van der Waals surface area (Å²) in [5.74, 6) is 0.891. The Kier molecular flexibility index (Phi) is 6.04. The SMILES string of the molecule is Cc1ccc(C)c(OC[C@H](O)CN2CCC(N3CCNC3=O)CC2)c1C. The number of rotatable bonds is 6. The second kappa shape index (κ2) is 8.27. The van der Waals surface area contributed by atoms with Gasteiger partial charge in [-0.15, -0.1) is 0 Å². The molecule has 2 saturated heterocycles. The second-order valence-corrected chi connectivity index (χ2v) is 7.58. The predicted molar refractivity (Wildman–Crippen MR) is 102 cm³/mol. The van der Waals surface area contributed by atoms with Crippen molar-refractivity contribution in [2.45, 2.75) is 45.8 Å². The normalized spacial score (nSPS) is 20.3. The number of aryl methyl sites for hydroxylation is 2. The number of nitrogens with one attached hydrogen (secondary N) is 1. The molecule has 2 N–H and O–H groups in total. The van der Waals surface area contributed by atoms with Gasteiger partial charge >= 0.3 is 6.03 Å². The molecule has 0 unspecified atom stereocenters. The van der Waals surface area contributed by atoms with Crippen molar-refractivity contribution in [2.24, 2.45) is 0 Å². The number of hydrogen-bond acceptors (Lipinski definition) is 4. The molecule has 144 valence electrons. The highest BCUT2D eigenvalue weighted by Crippen LogP contribution is 2.26. The molecule has 0 aliphatic carbocycles. The number of aliphatic hydroxyl groups is 1. The fraction of sp³-hybridized carbons (Fsp3) is 0.650. The molecule has 0 bridgehead atoms. The molecule has 3 rings (SSSR count). The summed E-state index contributed by atoms with van der Waals surface area (Å²) in [5, 5.41) is 13.3. The van der Waals surface area contributed by atoms with Crippen LogP contribution in [-0.2, 0) is 0 Å². The van der Waals surface area contributed by atoms with Gasteiger partial charge in [0.2, 0.25) is 0 Å². The molecule has 2 aliphatic heterocycles. The molecule has 2 amide bonds. The number of likely N-dealkylation sites (tertiary alicyclic amines) is 1. The van der Waals surface area contributed by atoms with Crippen LogP contribution in [0.5, 0.6) is 5.75 Å². The largest absolute Gasteiger partial charge is 0.490 e. The van der Waals surface area contributed by atoms with Gasteiger partial charge in [-0.25, -0.2) is 4.79 Å². The predicted octanol–water partition coefficient (Wildman–Crippen LogP) is 1.84. The molecule has 2 heterocycles. The molecule has 1 aromatic carbocycles. The minimum Gasteiger partial charge on any atom is -0.490 e. The number of piperidine rings is 1. The summed E-state index contributed by atoms with van der Waals surface area (Å²) >= 11 is 0. The Hall–Kier alpha value is -1.79. The summed E-state index contributed by atoms with van der Waals surface area (Å²) in [7, 11) is 0. The number of carbonyl (C=O) groups excluding carboxylic acids is 1. The van der Waals surface area contributed by atoms with Gasteiger partial charge in [-0.3, -0.25) is 0 Å². The average Bonchev–Trinajstić information content (AvgIpc) is 3.05. The van der Waals surface area contributed by atoms with E-state index < -0.39 is 6.10 Å². The first kappa shape index (κ1) is 19.0. The van der Waals surface area contributed by atoms with Crippen LogP contribution in [0.3, 0.4) is 0 Å². The van der Waals surface area contributed by atoms with E-state index in [0.717, 1.165) is 55.9 Å². The van der Waals surface area contributed by atoms with Crippen molar-refractivity contribution in [3.63, 3.8) is 0 Å². The highest BCUT2D eigenvalue weighted by molar-refractivity contribution is 5.76. The van der Waals surface area contributed by atoms with E-state index >= 15 is 0 Å². The van der Waals surface area contributed by atoms with Gasteiger partial charge in [0.05, 0.1) is 0 Å². The van der Waals surface area contributed by atoms with Gasteiger partial charge in [-0.2, -0.15) is 0 Å². The zero-order chi connectivity index (χ0) is 18.7. The molecule has 0 spiro atoms. The molecule has 0 radical (unpaired) electrons.